The molecule has 0 aliphatic heterocycles. The Morgan fingerprint density at radius 3 is 2.56 bits per heavy atom. The number of hydrogen-bond acceptors (Lipinski definition) is 7. The topological polar surface area (TPSA) is 145 Å². The van der Waals surface area contributed by atoms with Gasteiger partial charge in [0.15, 0.2) is 5.78 Å². The zero-order chi connectivity index (χ0) is 29.3. The van der Waals surface area contributed by atoms with E-state index in [0.29, 0.717) is 60.5 Å². The average Bonchev–Trinajstić information content (AvgIpc) is 3.28. The van der Waals surface area contributed by atoms with Crippen molar-refractivity contribution in [1.29, 1.82) is 0 Å². The molecule has 3 aromatic heterocycles. The highest BCUT2D eigenvalue weighted by atomic mass is 16.3. The van der Waals surface area contributed by atoms with E-state index in [0.717, 1.165) is 36.1 Å². The minimum Gasteiger partial charge on any atom is -0.389 e. The van der Waals surface area contributed by atoms with E-state index in [1.54, 1.807) is 30.5 Å². The van der Waals surface area contributed by atoms with Gasteiger partial charge in [-0.2, -0.15) is 0 Å². The number of unbranched alkanes of at least 4 members (excludes halogenated alkanes) is 2. The van der Waals surface area contributed by atoms with Gasteiger partial charge in [0.1, 0.15) is 23.4 Å². The van der Waals surface area contributed by atoms with Gasteiger partial charge in [0, 0.05) is 41.7 Å². The third-order valence-electron chi connectivity index (χ3n) is 7.44. The summed E-state index contributed by atoms with van der Waals surface area (Å²) in [5, 5.41) is 13.9. The number of fused-ring (bicyclic) bond motifs is 2. The molecule has 5 rings (SSSR count). The Hall–Kier alpha value is -4.31. The molecule has 1 aliphatic rings. The number of carbonyl (C=O) groups is 2. The number of nitrogens with two attached hydrogens (primary N) is 1. The summed E-state index contributed by atoms with van der Waals surface area (Å²) < 4.78 is 3.48. The fourth-order valence-electron chi connectivity index (χ4n) is 5.52. The molecule has 4 N–H and O–H groups in total. The lowest BCUT2D eigenvalue weighted by atomic mass is 9.93. The van der Waals surface area contributed by atoms with Crippen molar-refractivity contribution in [3.05, 3.63) is 70.0 Å². The number of Topliss-reactive ketones (excluding diaryl/α,β-unsaturated/α-hetero) is 1. The van der Waals surface area contributed by atoms with E-state index in [4.69, 9.17) is 5.73 Å². The van der Waals surface area contributed by atoms with E-state index in [-0.39, 0.29) is 16.9 Å². The van der Waals surface area contributed by atoms with Gasteiger partial charge in [0.05, 0.1) is 17.5 Å². The fourth-order valence-corrected chi connectivity index (χ4v) is 5.52. The molecule has 10 nitrogen and oxygen atoms in total. The van der Waals surface area contributed by atoms with Gasteiger partial charge in [-0.3, -0.25) is 14.4 Å². The van der Waals surface area contributed by atoms with Crippen molar-refractivity contribution in [2.75, 3.05) is 11.1 Å². The van der Waals surface area contributed by atoms with Crippen molar-refractivity contribution >= 4 is 34.2 Å². The molecule has 0 saturated heterocycles. The van der Waals surface area contributed by atoms with Gasteiger partial charge in [-0.25, -0.2) is 9.97 Å². The Labute approximate surface area is 238 Å². The molecule has 0 unspecified atom stereocenters. The minimum absolute atomic E-state index is 0.0269. The van der Waals surface area contributed by atoms with E-state index in [1.807, 2.05) is 22.9 Å². The largest absolute Gasteiger partial charge is 0.389 e. The zero-order valence-corrected chi connectivity index (χ0v) is 23.7. The predicted molar refractivity (Wildman–Crippen MR) is 159 cm³/mol. The molecule has 0 atom stereocenters. The molecule has 4 aromatic rings. The number of nitrogens with zero attached hydrogens (tertiary/aromatic N) is 4. The third kappa shape index (κ3) is 5.78. The molecule has 3 heterocycles. The predicted octanol–water partition coefficient (Wildman–Crippen LogP) is 4.57. The number of amides is 1. The van der Waals surface area contributed by atoms with Crippen LogP contribution < -0.4 is 16.6 Å². The summed E-state index contributed by atoms with van der Waals surface area (Å²) in [6.45, 7) is 6.34. The lowest BCUT2D eigenvalue weighted by molar-refractivity contribution is 0.0627. The number of hydrogen-bond donors (Lipinski definition) is 3. The van der Waals surface area contributed by atoms with Gasteiger partial charge in [0.25, 0.3) is 11.5 Å². The molecular weight excluding hydrogens is 520 g/mol. The van der Waals surface area contributed by atoms with Crippen LogP contribution in [0.15, 0.2) is 47.7 Å². The van der Waals surface area contributed by atoms with Crippen molar-refractivity contribution in [3.63, 3.8) is 0 Å². The van der Waals surface area contributed by atoms with Gasteiger partial charge in [-0.05, 0) is 56.9 Å². The first-order valence-corrected chi connectivity index (χ1v) is 14.1. The van der Waals surface area contributed by atoms with Crippen LogP contribution in [0.5, 0.6) is 0 Å². The SMILES string of the molecule is CCCCCn1c2c(cc(C(=O)Nc3ccc(-c4cn(CC(C)(C)O)c5ncnc(N)c45)cc3)c1=O)C(=O)CCC2. The van der Waals surface area contributed by atoms with Crippen molar-refractivity contribution in [1.82, 2.24) is 19.1 Å². The molecule has 1 aliphatic carbocycles. The van der Waals surface area contributed by atoms with Crippen LogP contribution >= 0.6 is 0 Å². The molecular formula is C31H36N6O4. The Kier molecular flexibility index (Phi) is 7.77. The van der Waals surface area contributed by atoms with E-state index < -0.39 is 11.5 Å². The Bertz CT molecular complexity index is 1680. The molecule has 41 heavy (non-hydrogen) atoms. The minimum atomic E-state index is -0.965. The highest BCUT2D eigenvalue weighted by Crippen LogP contribution is 2.34. The molecule has 1 amide bonds. The molecule has 0 spiro atoms. The third-order valence-corrected chi connectivity index (χ3v) is 7.44. The number of ketones is 1. The summed E-state index contributed by atoms with van der Waals surface area (Å²) in [6, 6.07) is 8.64. The van der Waals surface area contributed by atoms with Gasteiger partial charge >= 0.3 is 0 Å². The lowest BCUT2D eigenvalue weighted by Gasteiger charge is -2.21. The van der Waals surface area contributed by atoms with Gasteiger partial charge in [-0.1, -0.05) is 31.9 Å². The summed E-state index contributed by atoms with van der Waals surface area (Å²) in [5.74, 6) is -0.248. The quantitative estimate of drug-likeness (QED) is 0.256. The van der Waals surface area contributed by atoms with Crippen LogP contribution in [0, 0.1) is 0 Å². The number of pyridine rings is 1. The highest BCUT2D eigenvalue weighted by molar-refractivity contribution is 6.07. The summed E-state index contributed by atoms with van der Waals surface area (Å²) in [7, 11) is 0. The van der Waals surface area contributed by atoms with Gasteiger partial charge < -0.3 is 25.3 Å². The Morgan fingerprint density at radius 1 is 1.10 bits per heavy atom. The second-order valence-corrected chi connectivity index (χ2v) is 11.3. The van der Waals surface area contributed by atoms with E-state index in [1.165, 1.54) is 12.4 Å². The zero-order valence-electron chi connectivity index (χ0n) is 23.7. The average molecular weight is 557 g/mol. The van der Waals surface area contributed by atoms with Crippen LogP contribution in [-0.2, 0) is 19.5 Å². The first kappa shape index (κ1) is 28.2. The smallest absolute Gasteiger partial charge is 0.263 e. The number of nitrogen functional groups attached to an aromatic ring is 1. The normalized spacial score (nSPS) is 13.4. The van der Waals surface area contributed by atoms with Crippen molar-refractivity contribution in [2.24, 2.45) is 0 Å². The van der Waals surface area contributed by atoms with Crippen LogP contribution in [0.1, 0.15) is 79.3 Å². The second-order valence-electron chi connectivity index (χ2n) is 11.3. The van der Waals surface area contributed by atoms with Crippen LogP contribution in [0.25, 0.3) is 22.2 Å². The molecule has 214 valence electrons. The molecule has 0 bridgehead atoms. The summed E-state index contributed by atoms with van der Waals surface area (Å²) in [4.78, 5) is 48.0. The number of aliphatic hydroxyl groups is 1. The highest BCUT2D eigenvalue weighted by Gasteiger charge is 2.26. The number of carbonyl (C=O) groups excluding carboxylic acids is 2. The van der Waals surface area contributed by atoms with Crippen LogP contribution in [0.3, 0.4) is 0 Å². The molecule has 1 aromatic carbocycles. The number of rotatable bonds is 9. The number of anilines is 2. The van der Waals surface area contributed by atoms with Crippen molar-refractivity contribution in [2.45, 2.75) is 78.0 Å². The number of aromatic nitrogens is 4. The maximum atomic E-state index is 13.4. The van der Waals surface area contributed by atoms with E-state index >= 15 is 0 Å². The molecule has 10 heteroatoms. The summed E-state index contributed by atoms with van der Waals surface area (Å²) in [6.07, 6.45) is 7.85. The molecule has 0 radical (unpaired) electrons. The first-order valence-electron chi connectivity index (χ1n) is 14.1. The van der Waals surface area contributed by atoms with Crippen LogP contribution in [-0.4, -0.2) is 41.5 Å². The maximum absolute atomic E-state index is 13.4. The summed E-state index contributed by atoms with van der Waals surface area (Å²) in [5.41, 5.74) is 8.82. The maximum Gasteiger partial charge on any atom is 0.263 e. The first-order chi connectivity index (χ1) is 19.6. The number of nitrogens with one attached hydrogen (secondary N) is 1. The second kappa shape index (κ2) is 11.3. The van der Waals surface area contributed by atoms with Crippen LogP contribution in [0.4, 0.5) is 11.5 Å². The van der Waals surface area contributed by atoms with Gasteiger partial charge in [-0.15, -0.1) is 0 Å². The summed E-state index contributed by atoms with van der Waals surface area (Å²) >= 11 is 0. The fraction of sp³-hybridized carbons (Fsp3) is 0.387. The molecule has 0 fully saturated rings. The number of benzene rings is 1. The van der Waals surface area contributed by atoms with E-state index in [2.05, 4.69) is 22.2 Å². The van der Waals surface area contributed by atoms with Crippen molar-refractivity contribution < 1.29 is 14.7 Å². The monoisotopic (exact) mass is 556 g/mol. The lowest BCUT2D eigenvalue weighted by Crippen LogP contribution is -2.34. The van der Waals surface area contributed by atoms with E-state index in [9.17, 15) is 19.5 Å². The Balaban J connectivity index is 1.44. The molecule has 0 saturated carbocycles. The Morgan fingerprint density at radius 2 is 1.85 bits per heavy atom. The van der Waals surface area contributed by atoms with Crippen LogP contribution in [0.2, 0.25) is 0 Å². The van der Waals surface area contributed by atoms with Crippen molar-refractivity contribution in [3.8, 4) is 11.1 Å². The standard InChI is InChI=1S/C31H36N6O4/c1-4-5-6-14-37-24-8-7-9-25(38)21(24)15-22(30(37)40)29(39)35-20-12-10-19(11-13-20)23-16-36(17-31(2,3)41)28-26(23)27(32)33-18-34-28/h10-13,15-16,18,41H,4-9,14,17H2,1-3H3,(H,35,39)(H2,32,33,34). The van der Waals surface area contributed by atoms with Gasteiger partial charge in [0.2, 0.25) is 0 Å².